The largest absolute Gasteiger partial charge is 0.204 e. The average Bonchev–Trinajstić information content (AvgIpc) is 2.49. The van der Waals surface area contributed by atoms with E-state index in [1.165, 1.54) is 56.2 Å². The Labute approximate surface area is 126 Å². The molecule has 2 heteroatoms. The van der Waals surface area contributed by atoms with Crippen LogP contribution in [0, 0.1) is 23.5 Å². The maximum absolute atomic E-state index is 13.4. The number of hydrogen-bond donors (Lipinski definition) is 0. The third-order valence-electron chi connectivity index (χ3n) is 5.27. The van der Waals surface area contributed by atoms with E-state index >= 15 is 0 Å². The van der Waals surface area contributed by atoms with Crippen LogP contribution in [0.3, 0.4) is 0 Å². The summed E-state index contributed by atoms with van der Waals surface area (Å²) in [5.74, 6) is 0.136. The van der Waals surface area contributed by atoms with Gasteiger partial charge in [-0.05, 0) is 73.6 Å². The van der Waals surface area contributed by atoms with E-state index in [1.807, 2.05) is 0 Å². The standard InChI is InChI=1S/C19H24F2/c1-2-3-13-4-6-14(7-5-13)15-8-9-16-11-18(20)19(21)12-17(16)10-15/h10-14H,2-9H2,1H3. The Hall–Kier alpha value is -1.18. The van der Waals surface area contributed by atoms with Crippen molar-refractivity contribution < 1.29 is 8.78 Å². The molecule has 0 N–H and O–H groups in total. The fraction of sp³-hybridized carbons (Fsp3) is 0.579. The lowest BCUT2D eigenvalue weighted by atomic mass is 9.74. The molecule has 0 atom stereocenters. The highest BCUT2D eigenvalue weighted by Gasteiger charge is 2.25. The summed E-state index contributed by atoms with van der Waals surface area (Å²) in [5.41, 5.74) is 3.31. The topological polar surface area (TPSA) is 0 Å². The molecule has 1 aromatic rings. The lowest BCUT2D eigenvalue weighted by Gasteiger charge is -2.31. The summed E-state index contributed by atoms with van der Waals surface area (Å²) < 4.78 is 26.7. The summed E-state index contributed by atoms with van der Waals surface area (Å²) in [6.07, 6.45) is 11.9. The quantitative estimate of drug-likeness (QED) is 0.650. The summed E-state index contributed by atoms with van der Waals surface area (Å²) in [6, 6.07) is 2.74. The summed E-state index contributed by atoms with van der Waals surface area (Å²) in [5, 5.41) is 0. The van der Waals surface area contributed by atoms with Crippen LogP contribution in [-0.4, -0.2) is 0 Å². The first-order valence-electron chi connectivity index (χ1n) is 8.35. The van der Waals surface area contributed by atoms with Gasteiger partial charge in [0.1, 0.15) is 0 Å². The summed E-state index contributed by atoms with van der Waals surface area (Å²) in [4.78, 5) is 0. The zero-order valence-corrected chi connectivity index (χ0v) is 12.8. The van der Waals surface area contributed by atoms with Gasteiger partial charge in [-0.25, -0.2) is 8.78 Å². The molecule has 0 aromatic heterocycles. The highest BCUT2D eigenvalue weighted by molar-refractivity contribution is 5.60. The minimum absolute atomic E-state index is 0.666. The molecule has 2 aliphatic rings. The van der Waals surface area contributed by atoms with Crippen LogP contribution < -0.4 is 0 Å². The Morgan fingerprint density at radius 3 is 2.43 bits per heavy atom. The van der Waals surface area contributed by atoms with Crippen molar-refractivity contribution in [3.63, 3.8) is 0 Å². The first-order chi connectivity index (χ1) is 10.2. The summed E-state index contributed by atoms with van der Waals surface area (Å²) in [7, 11) is 0. The third-order valence-corrected chi connectivity index (χ3v) is 5.27. The zero-order chi connectivity index (χ0) is 14.8. The number of rotatable bonds is 3. The van der Waals surface area contributed by atoms with E-state index in [4.69, 9.17) is 0 Å². The molecule has 0 bridgehead atoms. The third kappa shape index (κ3) is 3.20. The predicted octanol–water partition coefficient (Wildman–Crippen LogP) is 5.90. The highest BCUT2D eigenvalue weighted by atomic mass is 19.2. The van der Waals surface area contributed by atoms with Gasteiger partial charge >= 0.3 is 0 Å². The SMILES string of the molecule is CCCC1CCC(C2=Cc3cc(F)c(F)cc3CC2)CC1. The molecule has 1 saturated carbocycles. The number of benzene rings is 1. The van der Waals surface area contributed by atoms with E-state index in [0.717, 1.165) is 29.9 Å². The van der Waals surface area contributed by atoms with Crippen molar-refractivity contribution in [3.8, 4) is 0 Å². The van der Waals surface area contributed by atoms with E-state index in [0.29, 0.717) is 5.92 Å². The Morgan fingerprint density at radius 1 is 1.00 bits per heavy atom. The molecular weight excluding hydrogens is 266 g/mol. The molecule has 0 unspecified atom stereocenters. The predicted molar refractivity (Wildman–Crippen MR) is 83.0 cm³/mol. The fourth-order valence-corrected chi connectivity index (χ4v) is 4.06. The van der Waals surface area contributed by atoms with Crippen molar-refractivity contribution in [1.29, 1.82) is 0 Å². The summed E-state index contributed by atoms with van der Waals surface area (Å²) in [6.45, 7) is 2.26. The highest BCUT2D eigenvalue weighted by Crippen LogP contribution is 2.39. The molecule has 0 heterocycles. The smallest absolute Gasteiger partial charge is 0.159 e. The molecule has 0 saturated heterocycles. The van der Waals surface area contributed by atoms with E-state index in [-0.39, 0.29) is 0 Å². The van der Waals surface area contributed by atoms with Crippen LogP contribution in [0.2, 0.25) is 0 Å². The van der Waals surface area contributed by atoms with Gasteiger partial charge in [-0.3, -0.25) is 0 Å². The molecule has 1 fully saturated rings. The van der Waals surface area contributed by atoms with E-state index in [9.17, 15) is 8.78 Å². The maximum Gasteiger partial charge on any atom is 0.159 e. The van der Waals surface area contributed by atoms with Crippen LogP contribution >= 0.6 is 0 Å². The number of fused-ring (bicyclic) bond motifs is 1. The summed E-state index contributed by atoms with van der Waals surface area (Å²) >= 11 is 0. The molecule has 2 aliphatic carbocycles. The van der Waals surface area contributed by atoms with E-state index in [1.54, 1.807) is 0 Å². The second-order valence-electron chi connectivity index (χ2n) is 6.69. The number of aryl methyl sites for hydroxylation is 1. The van der Waals surface area contributed by atoms with Crippen LogP contribution in [0.4, 0.5) is 8.78 Å². The van der Waals surface area contributed by atoms with Gasteiger partial charge in [0.15, 0.2) is 11.6 Å². The van der Waals surface area contributed by atoms with Gasteiger partial charge in [0.25, 0.3) is 0 Å². The Bertz CT molecular complexity index is 537. The molecule has 0 radical (unpaired) electrons. The number of hydrogen-bond acceptors (Lipinski definition) is 0. The monoisotopic (exact) mass is 290 g/mol. The Balaban J connectivity index is 1.72. The van der Waals surface area contributed by atoms with Crippen LogP contribution in [-0.2, 0) is 6.42 Å². The second-order valence-corrected chi connectivity index (χ2v) is 6.69. The fourth-order valence-electron chi connectivity index (χ4n) is 4.06. The van der Waals surface area contributed by atoms with Crippen LogP contribution in [0.15, 0.2) is 17.7 Å². The first kappa shape index (κ1) is 14.7. The molecule has 0 nitrogen and oxygen atoms in total. The van der Waals surface area contributed by atoms with Gasteiger partial charge in [0.05, 0.1) is 0 Å². The number of allylic oxidation sites excluding steroid dienone is 1. The van der Waals surface area contributed by atoms with Crippen molar-refractivity contribution in [3.05, 3.63) is 40.5 Å². The molecule has 1 aromatic carbocycles. The minimum Gasteiger partial charge on any atom is -0.204 e. The van der Waals surface area contributed by atoms with Crippen LogP contribution in [0.5, 0.6) is 0 Å². The molecular formula is C19H24F2. The van der Waals surface area contributed by atoms with Crippen LogP contribution in [0.1, 0.15) is 63.0 Å². The van der Waals surface area contributed by atoms with Gasteiger partial charge < -0.3 is 0 Å². The van der Waals surface area contributed by atoms with Crippen LogP contribution in [0.25, 0.3) is 6.08 Å². The maximum atomic E-state index is 13.4. The Morgan fingerprint density at radius 2 is 1.71 bits per heavy atom. The van der Waals surface area contributed by atoms with Crippen molar-refractivity contribution in [2.75, 3.05) is 0 Å². The van der Waals surface area contributed by atoms with E-state index < -0.39 is 11.6 Å². The van der Waals surface area contributed by atoms with Crippen molar-refractivity contribution >= 4 is 6.08 Å². The molecule has 0 aliphatic heterocycles. The minimum atomic E-state index is -0.724. The molecule has 0 amide bonds. The Kier molecular flexibility index (Phi) is 4.42. The molecule has 114 valence electrons. The lowest BCUT2D eigenvalue weighted by molar-refractivity contribution is 0.283. The average molecular weight is 290 g/mol. The molecule has 3 rings (SSSR count). The molecule has 21 heavy (non-hydrogen) atoms. The van der Waals surface area contributed by atoms with Crippen molar-refractivity contribution in [2.24, 2.45) is 11.8 Å². The van der Waals surface area contributed by atoms with Gasteiger partial charge in [-0.2, -0.15) is 0 Å². The normalized spacial score (nSPS) is 25.4. The second kappa shape index (κ2) is 6.29. The van der Waals surface area contributed by atoms with Crippen molar-refractivity contribution in [1.82, 2.24) is 0 Å². The van der Waals surface area contributed by atoms with E-state index in [2.05, 4.69) is 13.0 Å². The molecule has 0 spiro atoms. The van der Waals surface area contributed by atoms with Gasteiger partial charge in [-0.15, -0.1) is 0 Å². The number of halogens is 2. The first-order valence-corrected chi connectivity index (χ1v) is 8.35. The van der Waals surface area contributed by atoms with Gasteiger partial charge in [0, 0.05) is 0 Å². The zero-order valence-electron chi connectivity index (χ0n) is 12.8. The van der Waals surface area contributed by atoms with Gasteiger partial charge in [-0.1, -0.05) is 31.4 Å². The van der Waals surface area contributed by atoms with Gasteiger partial charge in [0.2, 0.25) is 0 Å². The van der Waals surface area contributed by atoms with Crippen molar-refractivity contribution in [2.45, 2.75) is 58.3 Å². The lowest BCUT2D eigenvalue weighted by Crippen LogP contribution is -2.18.